The third-order valence-corrected chi connectivity index (χ3v) is 4.95. The normalized spacial score (nSPS) is 22.4. The number of aromatic nitrogens is 1. The maximum atomic E-state index is 13.6. The van der Waals surface area contributed by atoms with Crippen LogP contribution in [0.15, 0.2) is 24.3 Å². The van der Waals surface area contributed by atoms with Crippen LogP contribution in [-0.4, -0.2) is 22.4 Å². The molecule has 1 unspecified atom stereocenters. The van der Waals surface area contributed by atoms with Crippen LogP contribution in [0.25, 0.3) is 10.9 Å². The minimum Gasteiger partial charge on any atom is -0.490 e. The van der Waals surface area contributed by atoms with Crippen LogP contribution in [0, 0.1) is 5.92 Å². The summed E-state index contributed by atoms with van der Waals surface area (Å²) in [5.41, 5.74) is 1.37. The number of pyridine rings is 1. The molecule has 1 fully saturated rings. The molecule has 1 atom stereocenters. The quantitative estimate of drug-likeness (QED) is 0.746. The lowest BCUT2D eigenvalue weighted by molar-refractivity contribution is -0.185. The molecule has 3 nitrogen and oxygen atoms in total. The summed E-state index contributed by atoms with van der Waals surface area (Å²) in [6.45, 7) is 0.833. The van der Waals surface area contributed by atoms with Gasteiger partial charge in [-0.3, -0.25) is 4.98 Å². The van der Waals surface area contributed by atoms with Crippen molar-refractivity contribution in [2.75, 3.05) is 0 Å². The molecule has 0 amide bonds. The molecule has 1 aliphatic rings. The molecule has 2 aromatic rings. The highest BCUT2D eigenvalue weighted by atomic mass is 19.4. The highest BCUT2D eigenvalue weighted by Gasteiger charge is 2.41. The van der Waals surface area contributed by atoms with Gasteiger partial charge in [0.1, 0.15) is 12.4 Å². The molecule has 0 radical (unpaired) electrons. The Morgan fingerprint density at radius 3 is 2.42 bits per heavy atom. The number of nitrogens with zero attached hydrogens (tertiary/aromatic N) is 1. The smallest absolute Gasteiger partial charge is 0.391 e. The summed E-state index contributed by atoms with van der Waals surface area (Å²) < 4.78 is 57.8. The average molecular weight is 371 g/mol. The van der Waals surface area contributed by atoms with Crippen molar-refractivity contribution in [2.45, 2.75) is 57.7 Å². The van der Waals surface area contributed by atoms with Gasteiger partial charge in [-0.1, -0.05) is 6.07 Å². The molecule has 1 aromatic heterocycles. The Hall–Kier alpha value is -1.89. The van der Waals surface area contributed by atoms with Gasteiger partial charge < -0.3 is 9.84 Å². The number of rotatable bonds is 4. The topological polar surface area (TPSA) is 42.4 Å². The summed E-state index contributed by atoms with van der Waals surface area (Å²) in [6, 6.07) is 6.60. The van der Waals surface area contributed by atoms with Crippen LogP contribution in [-0.2, 0) is 6.67 Å². The predicted molar refractivity (Wildman–Crippen MR) is 89.6 cm³/mol. The van der Waals surface area contributed by atoms with E-state index in [1.54, 1.807) is 31.2 Å². The van der Waals surface area contributed by atoms with E-state index in [4.69, 9.17) is 4.74 Å². The molecule has 7 heteroatoms. The Morgan fingerprint density at radius 2 is 1.85 bits per heavy atom. The van der Waals surface area contributed by atoms with Crippen molar-refractivity contribution in [1.29, 1.82) is 0 Å². The first kappa shape index (κ1) is 18.9. The first-order chi connectivity index (χ1) is 12.3. The zero-order valence-corrected chi connectivity index (χ0v) is 14.4. The predicted octanol–water partition coefficient (Wildman–Crippen LogP) is 5.26. The number of hydrogen-bond donors (Lipinski definition) is 1. The number of ether oxygens (including phenoxy) is 1. The number of halogens is 4. The number of alkyl halides is 4. The fourth-order valence-electron chi connectivity index (χ4n) is 3.43. The van der Waals surface area contributed by atoms with Crippen molar-refractivity contribution in [3.8, 4) is 5.75 Å². The minimum absolute atomic E-state index is 0.0337. The van der Waals surface area contributed by atoms with Gasteiger partial charge in [-0.25, -0.2) is 4.39 Å². The second-order valence-electron chi connectivity index (χ2n) is 6.79. The van der Waals surface area contributed by atoms with E-state index in [0.717, 1.165) is 0 Å². The van der Waals surface area contributed by atoms with E-state index < -0.39 is 24.9 Å². The summed E-state index contributed by atoms with van der Waals surface area (Å²) in [6.07, 6.45) is -4.57. The van der Waals surface area contributed by atoms with Gasteiger partial charge in [0.25, 0.3) is 0 Å². The van der Waals surface area contributed by atoms with E-state index in [9.17, 15) is 22.7 Å². The average Bonchev–Trinajstić information content (AvgIpc) is 2.60. The van der Waals surface area contributed by atoms with Crippen molar-refractivity contribution in [2.24, 2.45) is 5.92 Å². The zero-order valence-electron chi connectivity index (χ0n) is 14.4. The van der Waals surface area contributed by atoms with Crippen molar-refractivity contribution in [3.63, 3.8) is 0 Å². The standard InChI is InChI=1S/C19H21F4NO2/c1-11(25)16-7-6-14-15(10-20)18(9-8-17(14)24-16)26-13-4-2-12(3-5-13)19(21,22)23/h6-9,11-13,25H,2-5,10H2,1H3. The van der Waals surface area contributed by atoms with E-state index in [1.165, 1.54) is 0 Å². The maximum Gasteiger partial charge on any atom is 0.391 e. The van der Waals surface area contributed by atoms with Gasteiger partial charge in [0.05, 0.1) is 29.3 Å². The Bertz CT molecular complexity index is 768. The molecule has 0 aliphatic heterocycles. The Labute approximate surface area is 149 Å². The van der Waals surface area contributed by atoms with E-state index in [2.05, 4.69) is 4.98 Å². The largest absolute Gasteiger partial charge is 0.490 e. The molecule has 1 saturated carbocycles. The summed E-state index contributed by atoms with van der Waals surface area (Å²) >= 11 is 0. The molecule has 3 rings (SSSR count). The van der Waals surface area contributed by atoms with E-state index in [0.29, 0.717) is 40.8 Å². The summed E-state index contributed by atoms with van der Waals surface area (Å²) in [5, 5.41) is 10.2. The summed E-state index contributed by atoms with van der Waals surface area (Å²) in [5.74, 6) is -0.926. The Morgan fingerprint density at radius 1 is 1.15 bits per heavy atom. The third kappa shape index (κ3) is 3.92. The van der Waals surface area contributed by atoms with Gasteiger partial charge in [0, 0.05) is 10.9 Å². The van der Waals surface area contributed by atoms with E-state index in [1.807, 2.05) is 0 Å². The van der Waals surface area contributed by atoms with Gasteiger partial charge in [0.2, 0.25) is 0 Å². The highest BCUT2D eigenvalue weighted by Crippen LogP contribution is 2.39. The molecule has 26 heavy (non-hydrogen) atoms. The molecular formula is C19H21F4NO2. The first-order valence-electron chi connectivity index (χ1n) is 8.69. The molecule has 1 N–H and O–H groups in total. The highest BCUT2D eigenvalue weighted by molar-refractivity contribution is 5.84. The fraction of sp³-hybridized carbons (Fsp3) is 0.526. The van der Waals surface area contributed by atoms with Crippen LogP contribution in [0.2, 0.25) is 0 Å². The van der Waals surface area contributed by atoms with Gasteiger partial charge in [0.15, 0.2) is 0 Å². The third-order valence-electron chi connectivity index (χ3n) is 4.95. The molecule has 0 spiro atoms. The number of hydrogen-bond acceptors (Lipinski definition) is 3. The van der Waals surface area contributed by atoms with Crippen LogP contribution >= 0.6 is 0 Å². The van der Waals surface area contributed by atoms with Crippen molar-refractivity contribution < 1.29 is 27.4 Å². The fourth-order valence-corrected chi connectivity index (χ4v) is 3.43. The van der Waals surface area contributed by atoms with Crippen LogP contribution in [0.4, 0.5) is 17.6 Å². The SMILES string of the molecule is CC(O)c1ccc2c(CF)c(OC3CCC(C(F)(F)F)CC3)ccc2n1. The number of benzene rings is 1. The first-order valence-corrected chi connectivity index (χ1v) is 8.69. The van der Waals surface area contributed by atoms with Gasteiger partial charge in [-0.15, -0.1) is 0 Å². The maximum absolute atomic E-state index is 13.6. The lowest BCUT2D eigenvalue weighted by atomic mass is 9.87. The minimum atomic E-state index is -4.16. The van der Waals surface area contributed by atoms with Gasteiger partial charge >= 0.3 is 6.18 Å². The number of aliphatic hydroxyl groups excluding tert-OH is 1. The Balaban J connectivity index is 1.79. The van der Waals surface area contributed by atoms with Gasteiger partial charge in [-0.2, -0.15) is 13.2 Å². The van der Waals surface area contributed by atoms with Crippen molar-refractivity contribution in [3.05, 3.63) is 35.5 Å². The molecule has 0 saturated heterocycles. The van der Waals surface area contributed by atoms with Crippen LogP contribution in [0.3, 0.4) is 0 Å². The second kappa shape index (κ2) is 7.39. The summed E-state index contributed by atoms with van der Waals surface area (Å²) in [7, 11) is 0. The molecule has 1 heterocycles. The summed E-state index contributed by atoms with van der Waals surface area (Å²) in [4.78, 5) is 4.31. The number of aliphatic hydroxyl groups is 1. The van der Waals surface area contributed by atoms with Gasteiger partial charge in [-0.05, 0) is 50.8 Å². The molecule has 142 valence electrons. The molecule has 0 bridgehead atoms. The van der Waals surface area contributed by atoms with Crippen LogP contribution in [0.5, 0.6) is 5.75 Å². The van der Waals surface area contributed by atoms with E-state index in [-0.39, 0.29) is 18.9 Å². The van der Waals surface area contributed by atoms with Crippen molar-refractivity contribution in [1.82, 2.24) is 4.98 Å². The van der Waals surface area contributed by atoms with Crippen LogP contribution in [0.1, 0.15) is 50.0 Å². The molecular weight excluding hydrogens is 350 g/mol. The van der Waals surface area contributed by atoms with E-state index >= 15 is 0 Å². The number of fused-ring (bicyclic) bond motifs is 1. The van der Waals surface area contributed by atoms with Crippen LogP contribution < -0.4 is 4.74 Å². The zero-order chi connectivity index (χ0) is 18.9. The second-order valence-corrected chi connectivity index (χ2v) is 6.79. The Kier molecular flexibility index (Phi) is 5.37. The lowest BCUT2D eigenvalue weighted by Gasteiger charge is -2.30. The molecule has 1 aromatic carbocycles. The van der Waals surface area contributed by atoms with Crippen molar-refractivity contribution >= 4 is 10.9 Å². The monoisotopic (exact) mass is 371 g/mol. The molecule has 1 aliphatic carbocycles. The lowest BCUT2D eigenvalue weighted by Crippen LogP contribution is -2.32.